The van der Waals surface area contributed by atoms with Gasteiger partial charge in [0.25, 0.3) is 0 Å². The molecule has 112 valence electrons. The maximum Gasteiger partial charge on any atom is 0.135 e. The molecule has 2 rings (SSSR count). The Labute approximate surface area is 125 Å². The third-order valence-electron chi connectivity index (χ3n) is 3.27. The van der Waals surface area contributed by atoms with Crippen molar-refractivity contribution in [3.8, 4) is 0 Å². The summed E-state index contributed by atoms with van der Waals surface area (Å²) >= 11 is 0. The van der Waals surface area contributed by atoms with E-state index in [-0.39, 0.29) is 0 Å². The smallest absolute Gasteiger partial charge is 0.135 e. The van der Waals surface area contributed by atoms with Crippen LogP contribution in [0.25, 0.3) is 0 Å². The second-order valence-corrected chi connectivity index (χ2v) is 4.80. The Morgan fingerprint density at radius 3 is 2.76 bits per heavy atom. The van der Waals surface area contributed by atoms with Crippen LogP contribution >= 0.6 is 0 Å². The Hall–Kier alpha value is -2.14. The molecular weight excluding hydrogens is 264 g/mol. The SMILES string of the molecule is CCc1cccc(C)c1Nc1cc(NCCOC)ncn1. The number of methoxy groups -OCH3 is 1. The van der Waals surface area contributed by atoms with Crippen LogP contribution in [0.1, 0.15) is 18.1 Å². The van der Waals surface area contributed by atoms with Gasteiger partial charge in [-0.05, 0) is 24.5 Å². The Kier molecular flexibility index (Phi) is 5.51. The van der Waals surface area contributed by atoms with Gasteiger partial charge in [-0.1, -0.05) is 25.1 Å². The van der Waals surface area contributed by atoms with Crippen LogP contribution in [0.2, 0.25) is 0 Å². The van der Waals surface area contributed by atoms with E-state index >= 15 is 0 Å². The van der Waals surface area contributed by atoms with Crippen molar-refractivity contribution in [1.29, 1.82) is 0 Å². The standard InChI is InChI=1S/C16H22N4O/c1-4-13-7-5-6-12(2)16(13)20-15-10-14(18-11-19-15)17-8-9-21-3/h5-7,10-11H,4,8-9H2,1-3H3,(H2,17,18,19,20). The van der Waals surface area contributed by atoms with Crippen LogP contribution in [0.5, 0.6) is 0 Å². The number of anilines is 3. The van der Waals surface area contributed by atoms with E-state index < -0.39 is 0 Å². The Morgan fingerprint density at radius 2 is 2.00 bits per heavy atom. The molecule has 0 saturated carbocycles. The third-order valence-corrected chi connectivity index (χ3v) is 3.27. The van der Waals surface area contributed by atoms with Gasteiger partial charge in [-0.2, -0.15) is 0 Å². The van der Waals surface area contributed by atoms with Gasteiger partial charge < -0.3 is 15.4 Å². The molecule has 0 amide bonds. The van der Waals surface area contributed by atoms with Crippen molar-refractivity contribution >= 4 is 17.3 Å². The molecule has 2 N–H and O–H groups in total. The minimum atomic E-state index is 0.643. The van der Waals surface area contributed by atoms with Gasteiger partial charge in [-0.25, -0.2) is 9.97 Å². The summed E-state index contributed by atoms with van der Waals surface area (Å²) < 4.78 is 5.01. The first kappa shape index (κ1) is 15.3. The van der Waals surface area contributed by atoms with Crippen molar-refractivity contribution < 1.29 is 4.74 Å². The highest BCUT2D eigenvalue weighted by atomic mass is 16.5. The molecule has 1 heterocycles. The minimum Gasteiger partial charge on any atom is -0.383 e. The van der Waals surface area contributed by atoms with Gasteiger partial charge in [0.2, 0.25) is 0 Å². The predicted molar refractivity (Wildman–Crippen MR) is 86.2 cm³/mol. The Bertz CT molecular complexity index is 586. The van der Waals surface area contributed by atoms with Gasteiger partial charge in [-0.15, -0.1) is 0 Å². The van der Waals surface area contributed by atoms with E-state index in [0.29, 0.717) is 6.61 Å². The summed E-state index contributed by atoms with van der Waals surface area (Å²) in [5.41, 5.74) is 3.62. The number of nitrogens with one attached hydrogen (secondary N) is 2. The first-order chi connectivity index (χ1) is 10.2. The molecule has 2 aromatic rings. The van der Waals surface area contributed by atoms with Crippen molar-refractivity contribution in [1.82, 2.24) is 9.97 Å². The van der Waals surface area contributed by atoms with Gasteiger partial charge in [0.05, 0.1) is 6.61 Å². The highest BCUT2D eigenvalue weighted by molar-refractivity contribution is 5.66. The topological polar surface area (TPSA) is 59.1 Å². The summed E-state index contributed by atoms with van der Waals surface area (Å²) in [6.07, 6.45) is 2.54. The average molecular weight is 286 g/mol. The van der Waals surface area contributed by atoms with Crippen molar-refractivity contribution in [2.45, 2.75) is 20.3 Å². The molecule has 0 aliphatic carbocycles. The predicted octanol–water partition coefficient (Wildman–Crippen LogP) is 3.15. The number of para-hydroxylation sites is 1. The molecule has 0 aliphatic rings. The fourth-order valence-electron chi connectivity index (χ4n) is 2.13. The summed E-state index contributed by atoms with van der Waals surface area (Å²) in [4.78, 5) is 8.49. The third kappa shape index (κ3) is 4.16. The molecule has 1 aromatic carbocycles. The van der Waals surface area contributed by atoms with Crippen LogP contribution in [0.4, 0.5) is 17.3 Å². The molecule has 0 saturated heterocycles. The first-order valence-electron chi connectivity index (χ1n) is 7.15. The van der Waals surface area contributed by atoms with Gasteiger partial charge in [0, 0.05) is 25.4 Å². The van der Waals surface area contributed by atoms with E-state index in [1.807, 2.05) is 6.07 Å². The van der Waals surface area contributed by atoms with Gasteiger partial charge in [-0.3, -0.25) is 0 Å². The second-order valence-electron chi connectivity index (χ2n) is 4.80. The van der Waals surface area contributed by atoms with E-state index in [1.165, 1.54) is 11.1 Å². The highest BCUT2D eigenvalue weighted by Gasteiger charge is 2.06. The molecule has 0 atom stereocenters. The van der Waals surface area contributed by atoms with Crippen molar-refractivity contribution in [3.05, 3.63) is 41.7 Å². The van der Waals surface area contributed by atoms with Crippen molar-refractivity contribution in [2.75, 3.05) is 30.9 Å². The van der Waals surface area contributed by atoms with E-state index in [1.54, 1.807) is 13.4 Å². The van der Waals surface area contributed by atoms with E-state index in [0.717, 1.165) is 30.3 Å². The number of benzene rings is 1. The molecule has 1 aromatic heterocycles. The molecular formula is C16H22N4O. The molecule has 0 fully saturated rings. The van der Waals surface area contributed by atoms with Gasteiger partial charge in [0.15, 0.2) is 0 Å². The zero-order valence-corrected chi connectivity index (χ0v) is 12.8. The van der Waals surface area contributed by atoms with E-state index in [9.17, 15) is 0 Å². The summed E-state index contributed by atoms with van der Waals surface area (Å²) in [5, 5.41) is 6.60. The minimum absolute atomic E-state index is 0.643. The summed E-state index contributed by atoms with van der Waals surface area (Å²) in [6, 6.07) is 8.22. The molecule has 0 bridgehead atoms. The van der Waals surface area contributed by atoms with Crippen LogP contribution in [0.3, 0.4) is 0 Å². The first-order valence-corrected chi connectivity index (χ1v) is 7.15. The lowest BCUT2D eigenvalue weighted by atomic mass is 10.1. The normalized spacial score (nSPS) is 10.4. The van der Waals surface area contributed by atoms with Crippen LogP contribution in [0.15, 0.2) is 30.6 Å². The lowest BCUT2D eigenvalue weighted by molar-refractivity contribution is 0.210. The van der Waals surface area contributed by atoms with Crippen LogP contribution < -0.4 is 10.6 Å². The zero-order chi connectivity index (χ0) is 15.1. The molecule has 21 heavy (non-hydrogen) atoms. The molecule has 0 spiro atoms. The number of aromatic nitrogens is 2. The zero-order valence-electron chi connectivity index (χ0n) is 12.8. The van der Waals surface area contributed by atoms with Crippen molar-refractivity contribution in [3.63, 3.8) is 0 Å². The number of hydrogen-bond acceptors (Lipinski definition) is 5. The number of rotatable bonds is 7. The monoisotopic (exact) mass is 286 g/mol. The number of aryl methyl sites for hydroxylation is 2. The molecule has 5 nitrogen and oxygen atoms in total. The lowest BCUT2D eigenvalue weighted by Gasteiger charge is -2.14. The molecule has 0 radical (unpaired) electrons. The largest absolute Gasteiger partial charge is 0.383 e. The summed E-state index contributed by atoms with van der Waals surface area (Å²) in [6.45, 7) is 5.61. The maximum atomic E-state index is 5.01. The van der Waals surface area contributed by atoms with Gasteiger partial charge in [0.1, 0.15) is 18.0 Å². The quantitative estimate of drug-likeness (QED) is 0.766. The average Bonchev–Trinajstić information content (AvgIpc) is 2.50. The number of nitrogens with zero attached hydrogens (tertiary/aromatic N) is 2. The fourth-order valence-corrected chi connectivity index (χ4v) is 2.13. The second kappa shape index (κ2) is 7.59. The highest BCUT2D eigenvalue weighted by Crippen LogP contribution is 2.24. The maximum absolute atomic E-state index is 5.01. The fraction of sp³-hybridized carbons (Fsp3) is 0.375. The van der Waals surface area contributed by atoms with Crippen LogP contribution in [-0.2, 0) is 11.2 Å². The summed E-state index contributed by atoms with van der Waals surface area (Å²) in [5.74, 6) is 1.57. The van der Waals surface area contributed by atoms with Gasteiger partial charge >= 0.3 is 0 Å². The van der Waals surface area contributed by atoms with Crippen molar-refractivity contribution in [2.24, 2.45) is 0 Å². The molecule has 0 unspecified atom stereocenters. The van der Waals surface area contributed by atoms with Crippen LogP contribution in [-0.4, -0.2) is 30.2 Å². The van der Waals surface area contributed by atoms with E-state index in [4.69, 9.17) is 4.74 Å². The Balaban J connectivity index is 2.14. The van der Waals surface area contributed by atoms with E-state index in [2.05, 4.69) is 52.6 Å². The number of hydrogen-bond donors (Lipinski definition) is 2. The lowest BCUT2D eigenvalue weighted by Crippen LogP contribution is -2.09. The Morgan fingerprint density at radius 1 is 1.19 bits per heavy atom. The summed E-state index contributed by atoms with van der Waals surface area (Å²) in [7, 11) is 1.68. The molecule has 5 heteroatoms. The number of ether oxygens (including phenoxy) is 1. The van der Waals surface area contributed by atoms with Crippen LogP contribution in [0, 0.1) is 6.92 Å². The molecule has 0 aliphatic heterocycles.